The SMILES string of the molecule is C=CC(=C)[SiH](C)C. The number of allylic oxidation sites excluding steroid dienone is 2. The average molecular weight is 112 g/mol. The van der Waals surface area contributed by atoms with Gasteiger partial charge < -0.3 is 0 Å². The molecule has 0 fully saturated rings. The molecule has 0 rings (SSSR count). The molecule has 0 aromatic rings. The first-order valence-corrected chi connectivity index (χ1v) is 5.38. The van der Waals surface area contributed by atoms with Gasteiger partial charge in [0.05, 0.1) is 8.80 Å². The van der Waals surface area contributed by atoms with Gasteiger partial charge in [0.1, 0.15) is 0 Å². The fourth-order valence-electron chi connectivity index (χ4n) is 0.236. The molecule has 0 radical (unpaired) electrons. The highest BCUT2D eigenvalue weighted by Crippen LogP contribution is 1.95. The van der Waals surface area contributed by atoms with Crippen LogP contribution in [-0.4, -0.2) is 8.80 Å². The predicted octanol–water partition coefficient (Wildman–Crippen LogP) is 1.75. The Morgan fingerprint density at radius 3 is 2.00 bits per heavy atom. The van der Waals surface area contributed by atoms with Gasteiger partial charge in [0.2, 0.25) is 0 Å². The highest BCUT2D eigenvalue weighted by Gasteiger charge is 1.92. The van der Waals surface area contributed by atoms with Gasteiger partial charge in [0.25, 0.3) is 0 Å². The molecule has 0 aromatic heterocycles. The van der Waals surface area contributed by atoms with Crippen molar-refractivity contribution in [1.82, 2.24) is 0 Å². The molecule has 0 N–H and O–H groups in total. The first-order chi connectivity index (χ1) is 3.18. The Hall–Kier alpha value is -0.303. The Labute approximate surface area is 47.2 Å². The van der Waals surface area contributed by atoms with Crippen LogP contribution in [0.4, 0.5) is 0 Å². The van der Waals surface area contributed by atoms with Gasteiger partial charge in [-0.1, -0.05) is 30.9 Å². The molecule has 0 saturated heterocycles. The van der Waals surface area contributed by atoms with Gasteiger partial charge in [-0.3, -0.25) is 0 Å². The van der Waals surface area contributed by atoms with E-state index in [1.165, 1.54) is 5.20 Å². The minimum Gasteiger partial charge on any atom is -0.100 e. The molecule has 0 aromatic carbocycles. The van der Waals surface area contributed by atoms with Crippen molar-refractivity contribution in [3.05, 3.63) is 24.4 Å². The first kappa shape index (κ1) is 6.70. The van der Waals surface area contributed by atoms with Crippen molar-refractivity contribution >= 4 is 8.80 Å². The van der Waals surface area contributed by atoms with Crippen LogP contribution in [0.15, 0.2) is 24.4 Å². The molecule has 0 aliphatic rings. The highest BCUT2D eigenvalue weighted by molar-refractivity contribution is 6.64. The molecule has 0 aliphatic carbocycles. The topological polar surface area (TPSA) is 0 Å². The lowest BCUT2D eigenvalue weighted by Crippen LogP contribution is -2.00. The third-order valence-electron chi connectivity index (χ3n) is 1.00. The second kappa shape index (κ2) is 2.80. The lowest BCUT2D eigenvalue weighted by molar-refractivity contribution is 1.84. The summed E-state index contributed by atoms with van der Waals surface area (Å²) in [6, 6.07) is 0. The van der Waals surface area contributed by atoms with Crippen molar-refractivity contribution in [3.8, 4) is 0 Å². The molecule has 0 nitrogen and oxygen atoms in total. The van der Waals surface area contributed by atoms with E-state index in [0.717, 1.165) is 0 Å². The van der Waals surface area contributed by atoms with Crippen LogP contribution in [-0.2, 0) is 0 Å². The zero-order chi connectivity index (χ0) is 5.86. The fraction of sp³-hybridized carbons (Fsp3) is 0.333. The molecule has 1 heteroatoms. The van der Waals surface area contributed by atoms with Crippen molar-refractivity contribution < 1.29 is 0 Å². The zero-order valence-corrected chi connectivity index (χ0v) is 6.22. The molecule has 0 bridgehead atoms. The van der Waals surface area contributed by atoms with Crippen LogP contribution in [0.1, 0.15) is 0 Å². The Morgan fingerprint density at radius 2 is 2.00 bits per heavy atom. The normalized spacial score (nSPS) is 9.00. The van der Waals surface area contributed by atoms with E-state index in [2.05, 4.69) is 26.3 Å². The van der Waals surface area contributed by atoms with Gasteiger partial charge >= 0.3 is 0 Å². The molecular formula is C6H12Si. The zero-order valence-electron chi connectivity index (χ0n) is 5.07. The fourth-order valence-corrected chi connectivity index (χ4v) is 0.707. The van der Waals surface area contributed by atoms with Crippen LogP contribution in [0.3, 0.4) is 0 Å². The lowest BCUT2D eigenvalue weighted by atomic mass is 10.6. The Morgan fingerprint density at radius 1 is 1.57 bits per heavy atom. The average Bonchev–Trinajstić information content (AvgIpc) is 1.65. The van der Waals surface area contributed by atoms with E-state index in [0.29, 0.717) is 0 Å². The maximum absolute atomic E-state index is 3.82. The second-order valence-corrected chi connectivity index (χ2v) is 4.98. The summed E-state index contributed by atoms with van der Waals surface area (Å²) >= 11 is 0. The maximum Gasteiger partial charge on any atom is 0.0639 e. The summed E-state index contributed by atoms with van der Waals surface area (Å²) in [5.74, 6) is 0. The van der Waals surface area contributed by atoms with Gasteiger partial charge in [-0.05, 0) is 0 Å². The summed E-state index contributed by atoms with van der Waals surface area (Å²) in [5.41, 5.74) is 0. The highest BCUT2D eigenvalue weighted by atomic mass is 28.3. The minimum atomic E-state index is -0.577. The van der Waals surface area contributed by atoms with Crippen LogP contribution < -0.4 is 0 Å². The van der Waals surface area contributed by atoms with Gasteiger partial charge in [-0.2, -0.15) is 0 Å². The smallest absolute Gasteiger partial charge is 0.0639 e. The third-order valence-corrected chi connectivity index (χ3v) is 2.72. The van der Waals surface area contributed by atoms with E-state index in [9.17, 15) is 0 Å². The first-order valence-electron chi connectivity index (χ1n) is 2.49. The maximum atomic E-state index is 3.82. The number of rotatable bonds is 2. The Bertz CT molecular complexity index is 82.2. The molecule has 0 spiro atoms. The van der Waals surface area contributed by atoms with Crippen LogP contribution >= 0.6 is 0 Å². The van der Waals surface area contributed by atoms with Gasteiger partial charge in [0, 0.05) is 0 Å². The third kappa shape index (κ3) is 2.40. The van der Waals surface area contributed by atoms with Crippen molar-refractivity contribution in [2.75, 3.05) is 0 Å². The van der Waals surface area contributed by atoms with Crippen molar-refractivity contribution in [1.29, 1.82) is 0 Å². The largest absolute Gasteiger partial charge is 0.100 e. The van der Waals surface area contributed by atoms with Crippen LogP contribution in [0.25, 0.3) is 0 Å². The molecule has 7 heavy (non-hydrogen) atoms. The van der Waals surface area contributed by atoms with Crippen molar-refractivity contribution in [2.24, 2.45) is 0 Å². The minimum absolute atomic E-state index is 0.577. The van der Waals surface area contributed by atoms with Crippen LogP contribution in [0.2, 0.25) is 13.1 Å². The molecule has 0 atom stereocenters. The quantitative estimate of drug-likeness (QED) is 0.377. The van der Waals surface area contributed by atoms with Gasteiger partial charge in [-0.15, -0.1) is 6.58 Å². The van der Waals surface area contributed by atoms with Crippen molar-refractivity contribution in [2.45, 2.75) is 13.1 Å². The summed E-state index contributed by atoms with van der Waals surface area (Å²) < 4.78 is 0. The van der Waals surface area contributed by atoms with Crippen LogP contribution in [0.5, 0.6) is 0 Å². The van der Waals surface area contributed by atoms with E-state index in [1.54, 1.807) is 0 Å². The molecule has 0 unspecified atom stereocenters. The monoisotopic (exact) mass is 112 g/mol. The molecular weight excluding hydrogens is 100 g/mol. The lowest BCUT2D eigenvalue weighted by Gasteiger charge is -1.97. The number of hydrogen-bond donors (Lipinski definition) is 0. The summed E-state index contributed by atoms with van der Waals surface area (Å²) in [7, 11) is -0.577. The molecule has 40 valence electrons. The van der Waals surface area contributed by atoms with E-state index >= 15 is 0 Å². The summed E-state index contributed by atoms with van der Waals surface area (Å²) in [4.78, 5) is 0. The van der Waals surface area contributed by atoms with Crippen LogP contribution in [0, 0.1) is 0 Å². The number of hydrogen-bond acceptors (Lipinski definition) is 0. The standard InChI is InChI=1S/C6H12Si/c1-5-6(2)7(3)4/h5,7H,1-2H2,3-4H3. The van der Waals surface area contributed by atoms with Gasteiger partial charge in [0.15, 0.2) is 0 Å². The predicted molar refractivity (Wildman–Crippen MR) is 38.2 cm³/mol. The molecule has 0 amide bonds. The Kier molecular flexibility index (Phi) is 2.68. The summed E-state index contributed by atoms with van der Waals surface area (Å²) in [6.45, 7) is 11.9. The summed E-state index contributed by atoms with van der Waals surface area (Å²) in [6.07, 6.45) is 1.86. The second-order valence-electron chi connectivity index (χ2n) is 1.93. The molecule has 0 saturated carbocycles. The molecule has 0 aliphatic heterocycles. The van der Waals surface area contributed by atoms with Crippen molar-refractivity contribution in [3.63, 3.8) is 0 Å². The van der Waals surface area contributed by atoms with E-state index < -0.39 is 8.80 Å². The van der Waals surface area contributed by atoms with E-state index in [-0.39, 0.29) is 0 Å². The van der Waals surface area contributed by atoms with E-state index in [4.69, 9.17) is 0 Å². The van der Waals surface area contributed by atoms with Gasteiger partial charge in [-0.25, -0.2) is 0 Å². The summed E-state index contributed by atoms with van der Waals surface area (Å²) in [5, 5.41) is 1.25. The molecule has 0 heterocycles. The Balaban J connectivity index is 3.56. The van der Waals surface area contributed by atoms with E-state index in [1.807, 2.05) is 6.08 Å².